The van der Waals surface area contributed by atoms with Crippen molar-refractivity contribution >= 4 is 35.1 Å². The molecule has 0 aromatic heterocycles. The number of nitrogens with one attached hydrogen (secondary N) is 1. The zero-order valence-electron chi connectivity index (χ0n) is 15.7. The molecule has 9 nitrogen and oxygen atoms in total. The molecule has 0 saturated carbocycles. The molecule has 1 unspecified atom stereocenters. The van der Waals surface area contributed by atoms with Gasteiger partial charge in [0.25, 0.3) is 5.91 Å². The van der Waals surface area contributed by atoms with Crippen molar-refractivity contribution in [1.29, 1.82) is 0 Å². The first-order valence-electron chi connectivity index (χ1n) is 8.64. The van der Waals surface area contributed by atoms with Crippen LogP contribution in [0.5, 0.6) is 5.75 Å². The van der Waals surface area contributed by atoms with Gasteiger partial charge in [0.2, 0.25) is 5.91 Å². The number of carboxylic acid groups (broad SMARTS) is 1. The van der Waals surface area contributed by atoms with Crippen molar-refractivity contribution in [2.75, 3.05) is 23.9 Å². The Labute approximate surface area is 165 Å². The second-order valence-electron chi connectivity index (χ2n) is 6.26. The van der Waals surface area contributed by atoms with Gasteiger partial charge in [-0.25, -0.2) is 9.59 Å². The molecule has 3 rings (SSSR count). The summed E-state index contributed by atoms with van der Waals surface area (Å²) in [5.41, 5.74) is 0.539. The summed E-state index contributed by atoms with van der Waals surface area (Å²) >= 11 is 0. The molecule has 1 aliphatic heterocycles. The SMILES string of the molecule is COC(=O)c1ccccc1NC(=O)CN1C(=O)C(C)Oc2ccc(C(=O)O)cc21. The number of anilines is 2. The molecule has 0 aliphatic carbocycles. The number of carboxylic acids is 1. The highest BCUT2D eigenvalue weighted by Crippen LogP contribution is 2.35. The van der Waals surface area contributed by atoms with E-state index in [0.29, 0.717) is 5.75 Å². The summed E-state index contributed by atoms with van der Waals surface area (Å²) in [4.78, 5) is 49.5. The summed E-state index contributed by atoms with van der Waals surface area (Å²) in [6.45, 7) is 1.14. The van der Waals surface area contributed by atoms with Crippen LogP contribution in [0.15, 0.2) is 42.5 Å². The van der Waals surface area contributed by atoms with Crippen LogP contribution in [0.4, 0.5) is 11.4 Å². The summed E-state index contributed by atoms with van der Waals surface area (Å²) in [5.74, 6) is -2.56. The second kappa shape index (κ2) is 8.01. The minimum Gasteiger partial charge on any atom is -0.479 e. The lowest BCUT2D eigenvalue weighted by Crippen LogP contribution is -2.47. The number of rotatable bonds is 5. The van der Waals surface area contributed by atoms with Crippen LogP contribution in [-0.4, -0.2) is 48.6 Å². The first kappa shape index (κ1) is 19.9. The fraction of sp³-hybridized carbons (Fsp3) is 0.200. The van der Waals surface area contributed by atoms with E-state index < -0.39 is 36.4 Å². The Balaban J connectivity index is 1.87. The Hall–Kier alpha value is -3.88. The van der Waals surface area contributed by atoms with Crippen LogP contribution < -0.4 is 15.0 Å². The first-order valence-corrected chi connectivity index (χ1v) is 8.64. The van der Waals surface area contributed by atoms with E-state index in [1.807, 2.05) is 0 Å². The van der Waals surface area contributed by atoms with Crippen LogP contribution in [0.2, 0.25) is 0 Å². The number of aromatic carboxylic acids is 1. The maximum atomic E-state index is 12.6. The van der Waals surface area contributed by atoms with Crippen molar-refractivity contribution in [3.05, 3.63) is 53.6 Å². The van der Waals surface area contributed by atoms with Crippen molar-refractivity contribution in [2.24, 2.45) is 0 Å². The van der Waals surface area contributed by atoms with E-state index in [0.717, 1.165) is 4.90 Å². The Bertz CT molecular complexity index is 1000. The third kappa shape index (κ3) is 4.03. The third-order valence-electron chi connectivity index (χ3n) is 4.32. The molecule has 0 bridgehead atoms. The van der Waals surface area contributed by atoms with Crippen molar-refractivity contribution in [3.63, 3.8) is 0 Å². The van der Waals surface area contributed by atoms with Gasteiger partial charge in [-0.1, -0.05) is 12.1 Å². The predicted octanol–water partition coefficient (Wildman–Crippen LogP) is 1.92. The number of hydrogen-bond donors (Lipinski definition) is 2. The second-order valence-corrected chi connectivity index (χ2v) is 6.26. The quantitative estimate of drug-likeness (QED) is 0.738. The lowest BCUT2D eigenvalue weighted by molar-refractivity contribution is -0.127. The van der Waals surface area contributed by atoms with Crippen LogP contribution in [0.25, 0.3) is 0 Å². The molecule has 1 heterocycles. The van der Waals surface area contributed by atoms with Gasteiger partial charge >= 0.3 is 11.9 Å². The Morgan fingerprint density at radius 3 is 2.62 bits per heavy atom. The topological polar surface area (TPSA) is 122 Å². The number of benzene rings is 2. The Morgan fingerprint density at radius 2 is 1.93 bits per heavy atom. The number of esters is 1. The molecule has 29 heavy (non-hydrogen) atoms. The third-order valence-corrected chi connectivity index (χ3v) is 4.32. The van der Waals surface area contributed by atoms with Gasteiger partial charge in [0, 0.05) is 0 Å². The van der Waals surface area contributed by atoms with Crippen LogP contribution in [0, 0.1) is 0 Å². The lowest BCUT2D eigenvalue weighted by atomic mass is 10.1. The summed E-state index contributed by atoms with van der Waals surface area (Å²) in [6.07, 6.45) is -0.840. The molecule has 150 valence electrons. The standard InChI is InChI=1S/C20H18N2O7/c1-11-18(24)22(15-9-12(19(25)26)7-8-16(15)29-11)10-17(23)21-14-6-4-3-5-13(14)20(27)28-2/h3-9,11H,10H2,1-2H3,(H,21,23)(H,25,26). The fourth-order valence-corrected chi connectivity index (χ4v) is 2.92. The minimum atomic E-state index is -1.17. The van der Waals surface area contributed by atoms with Crippen molar-refractivity contribution in [3.8, 4) is 5.75 Å². The molecule has 9 heteroatoms. The highest BCUT2D eigenvalue weighted by molar-refractivity contribution is 6.08. The van der Waals surface area contributed by atoms with E-state index >= 15 is 0 Å². The van der Waals surface area contributed by atoms with E-state index in [1.54, 1.807) is 12.1 Å². The van der Waals surface area contributed by atoms with Gasteiger partial charge in [0.1, 0.15) is 12.3 Å². The predicted molar refractivity (Wildman–Crippen MR) is 102 cm³/mol. The molecule has 1 aliphatic rings. The average Bonchev–Trinajstić information content (AvgIpc) is 2.70. The summed E-state index contributed by atoms with van der Waals surface area (Å²) in [5, 5.41) is 11.8. The smallest absolute Gasteiger partial charge is 0.339 e. The maximum Gasteiger partial charge on any atom is 0.339 e. The number of ether oxygens (including phenoxy) is 2. The molecular formula is C20H18N2O7. The zero-order valence-corrected chi connectivity index (χ0v) is 15.7. The molecule has 0 saturated heterocycles. The van der Waals surface area contributed by atoms with Gasteiger partial charge in [0.05, 0.1) is 29.6 Å². The number of para-hydroxylation sites is 1. The van der Waals surface area contributed by atoms with Gasteiger partial charge in [-0.2, -0.15) is 0 Å². The van der Waals surface area contributed by atoms with E-state index in [9.17, 15) is 24.3 Å². The molecule has 1 atom stereocenters. The van der Waals surface area contributed by atoms with Crippen molar-refractivity contribution in [1.82, 2.24) is 0 Å². The molecule has 2 amide bonds. The van der Waals surface area contributed by atoms with Crippen molar-refractivity contribution < 1.29 is 33.8 Å². The van der Waals surface area contributed by atoms with Gasteiger partial charge in [-0.15, -0.1) is 0 Å². The van der Waals surface area contributed by atoms with E-state index in [-0.39, 0.29) is 22.5 Å². The monoisotopic (exact) mass is 398 g/mol. The number of carbonyl (C=O) groups is 4. The fourth-order valence-electron chi connectivity index (χ4n) is 2.92. The van der Waals surface area contributed by atoms with Crippen LogP contribution in [0.3, 0.4) is 0 Å². The van der Waals surface area contributed by atoms with Crippen molar-refractivity contribution in [2.45, 2.75) is 13.0 Å². The van der Waals surface area contributed by atoms with Gasteiger partial charge < -0.3 is 19.9 Å². The lowest BCUT2D eigenvalue weighted by Gasteiger charge is -2.32. The van der Waals surface area contributed by atoms with Gasteiger partial charge in [0.15, 0.2) is 6.10 Å². The zero-order chi connectivity index (χ0) is 21.1. The number of methoxy groups -OCH3 is 1. The van der Waals surface area contributed by atoms with E-state index in [2.05, 4.69) is 5.32 Å². The molecule has 0 spiro atoms. The number of nitrogens with zero attached hydrogens (tertiary/aromatic N) is 1. The molecule has 0 fully saturated rings. The number of amides is 2. The Morgan fingerprint density at radius 1 is 1.21 bits per heavy atom. The van der Waals surface area contributed by atoms with E-state index in [1.165, 1.54) is 44.4 Å². The molecular weight excluding hydrogens is 380 g/mol. The average molecular weight is 398 g/mol. The normalized spacial score (nSPS) is 15.2. The number of carbonyl (C=O) groups excluding carboxylic acids is 3. The van der Waals surface area contributed by atoms with Gasteiger partial charge in [-0.05, 0) is 37.3 Å². The molecule has 2 aromatic rings. The highest BCUT2D eigenvalue weighted by Gasteiger charge is 2.33. The summed E-state index contributed by atoms with van der Waals surface area (Å²) < 4.78 is 10.2. The van der Waals surface area contributed by atoms with Crippen LogP contribution >= 0.6 is 0 Å². The van der Waals surface area contributed by atoms with Crippen LogP contribution in [0.1, 0.15) is 27.6 Å². The minimum absolute atomic E-state index is 0.0452. The maximum absolute atomic E-state index is 12.6. The number of fused-ring (bicyclic) bond motifs is 1. The summed E-state index contributed by atoms with van der Waals surface area (Å²) in [6, 6.07) is 10.4. The molecule has 0 radical (unpaired) electrons. The van der Waals surface area contributed by atoms with Gasteiger partial charge in [-0.3, -0.25) is 14.5 Å². The number of hydrogen-bond acceptors (Lipinski definition) is 6. The summed E-state index contributed by atoms with van der Waals surface area (Å²) in [7, 11) is 1.23. The largest absolute Gasteiger partial charge is 0.479 e. The molecule has 2 N–H and O–H groups in total. The first-order chi connectivity index (χ1) is 13.8. The highest BCUT2D eigenvalue weighted by atomic mass is 16.5. The molecule has 2 aromatic carbocycles. The van der Waals surface area contributed by atoms with Crippen LogP contribution in [-0.2, 0) is 14.3 Å². The van der Waals surface area contributed by atoms with E-state index in [4.69, 9.17) is 9.47 Å². The Kier molecular flexibility index (Phi) is 5.49.